The average Bonchev–Trinajstić information content (AvgIpc) is 2.76. The highest BCUT2D eigenvalue weighted by molar-refractivity contribution is 7.87. The van der Waals surface area contributed by atoms with E-state index in [9.17, 15) is 18.0 Å². The fourth-order valence-electron chi connectivity index (χ4n) is 3.09. The molecule has 0 aliphatic carbocycles. The van der Waals surface area contributed by atoms with Gasteiger partial charge in [0, 0.05) is 12.0 Å². The second-order valence-corrected chi connectivity index (χ2v) is 10.0. The molecule has 0 saturated carbocycles. The quantitative estimate of drug-likeness (QED) is 0.521. The zero-order valence-electron chi connectivity index (χ0n) is 19.4. The van der Waals surface area contributed by atoms with Gasteiger partial charge in [-0.15, -0.1) is 0 Å². The maximum atomic E-state index is 12.8. The molecule has 1 amide bonds. The number of rotatable bonds is 10. The van der Waals surface area contributed by atoms with E-state index in [1.54, 1.807) is 55.6 Å². The number of hydrogen-bond donors (Lipinski definition) is 1. The molecule has 0 heterocycles. The van der Waals surface area contributed by atoms with Crippen LogP contribution in [0.2, 0.25) is 0 Å². The van der Waals surface area contributed by atoms with Crippen LogP contribution in [0.5, 0.6) is 11.5 Å². The molecular formula is C23H30N2O7S. The van der Waals surface area contributed by atoms with Gasteiger partial charge in [-0.3, -0.25) is 0 Å². The number of methoxy groups -OCH3 is 2. The van der Waals surface area contributed by atoms with Gasteiger partial charge in [-0.05, 0) is 35.4 Å². The fourth-order valence-corrected chi connectivity index (χ4v) is 4.05. The Morgan fingerprint density at radius 2 is 1.52 bits per heavy atom. The largest absolute Gasteiger partial charge is 0.497 e. The molecular weight excluding hydrogens is 448 g/mol. The second-order valence-electron chi connectivity index (χ2n) is 8.34. The molecule has 0 spiro atoms. The van der Waals surface area contributed by atoms with Crippen LogP contribution in [0, 0.1) is 5.41 Å². The molecule has 33 heavy (non-hydrogen) atoms. The summed E-state index contributed by atoms with van der Waals surface area (Å²) in [5, 5.41) is 0. The topological polar surface area (TPSA) is 111 Å². The van der Waals surface area contributed by atoms with Crippen LogP contribution < -0.4 is 14.2 Å². The van der Waals surface area contributed by atoms with Crippen molar-refractivity contribution in [1.29, 1.82) is 0 Å². The molecule has 9 nitrogen and oxygen atoms in total. The Morgan fingerprint density at radius 3 is 1.97 bits per heavy atom. The minimum atomic E-state index is -4.36. The van der Waals surface area contributed by atoms with Gasteiger partial charge in [0.15, 0.2) is 0 Å². The molecule has 0 radical (unpaired) electrons. The Hall–Kier alpha value is -3.11. The summed E-state index contributed by atoms with van der Waals surface area (Å²) >= 11 is 0. The van der Waals surface area contributed by atoms with Gasteiger partial charge >= 0.3 is 16.3 Å². The number of aldehydes is 1. The monoisotopic (exact) mass is 478 g/mol. The third-order valence-electron chi connectivity index (χ3n) is 4.78. The fraction of sp³-hybridized carbons (Fsp3) is 0.391. The number of amides is 1. The molecule has 0 fully saturated rings. The van der Waals surface area contributed by atoms with E-state index in [0.29, 0.717) is 28.9 Å². The molecule has 0 aliphatic rings. The lowest BCUT2D eigenvalue weighted by molar-refractivity contribution is -0.108. The van der Waals surface area contributed by atoms with Gasteiger partial charge < -0.3 is 19.0 Å². The van der Waals surface area contributed by atoms with Crippen molar-refractivity contribution >= 4 is 22.6 Å². The summed E-state index contributed by atoms with van der Waals surface area (Å²) in [6.07, 6.45) is -1.43. The number of nitrogens with one attached hydrogen (secondary N) is 1. The van der Waals surface area contributed by atoms with Crippen LogP contribution >= 0.6 is 0 Å². The van der Waals surface area contributed by atoms with Gasteiger partial charge in [0.05, 0.1) is 20.8 Å². The van der Waals surface area contributed by atoms with Crippen LogP contribution in [-0.4, -0.2) is 45.9 Å². The van der Waals surface area contributed by atoms with Crippen molar-refractivity contribution in [1.82, 2.24) is 9.03 Å². The third-order valence-corrected chi connectivity index (χ3v) is 6.16. The summed E-state index contributed by atoms with van der Waals surface area (Å²) in [5.41, 5.74) is 0.766. The Bertz CT molecular complexity index is 1030. The van der Waals surface area contributed by atoms with Crippen molar-refractivity contribution < 1.29 is 32.2 Å². The number of hydrogen-bond acceptors (Lipinski definition) is 7. The van der Waals surface area contributed by atoms with E-state index in [1.165, 1.54) is 7.11 Å². The summed E-state index contributed by atoms with van der Waals surface area (Å²) in [6, 6.07) is 13.6. The molecule has 0 aliphatic heterocycles. The molecule has 1 N–H and O–H groups in total. The molecule has 2 aromatic carbocycles. The van der Waals surface area contributed by atoms with Gasteiger partial charge in [0.2, 0.25) is 0 Å². The highest BCUT2D eigenvalue weighted by atomic mass is 32.2. The first-order chi connectivity index (χ1) is 15.5. The molecule has 10 heteroatoms. The second kappa shape index (κ2) is 11.2. The van der Waals surface area contributed by atoms with E-state index in [1.807, 2.05) is 25.5 Å². The lowest BCUT2D eigenvalue weighted by Crippen LogP contribution is -2.44. The van der Waals surface area contributed by atoms with Gasteiger partial charge in [-0.25, -0.2) is 9.52 Å². The summed E-state index contributed by atoms with van der Waals surface area (Å²) in [5.74, 6) is 1.25. The normalized spacial score (nSPS) is 12.7. The van der Waals surface area contributed by atoms with Crippen molar-refractivity contribution in [3.8, 4) is 11.5 Å². The van der Waals surface area contributed by atoms with E-state index >= 15 is 0 Å². The first-order valence-corrected chi connectivity index (χ1v) is 11.6. The Morgan fingerprint density at radius 1 is 1.00 bits per heavy atom. The first kappa shape index (κ1) is 26.1. The van der Waals surface area contributed by atoms with E-state index in [4.69, 9.17) is 14.2 Å². The number of nitrogens with zero attached hydrogens (tertiary/aromatic N) is 1. The van der Waals surface area contributed by atoms with Gasteiger partial charge in [0.25, 0.3) is 0 Å². The van der Waals surface area contributed by atoms with Crippen molar-refractivity contribution in [2.75, 3.05) is 20.8 Å². The minimum Gasteiger partial charge on any atom is -0.497 e. The van der Waals surface area contributed by atoms with Crippen molar-refractivity contribution in [3.05, 3.63) is 59.7 Å². The highest BCUT2D eigenvalue weighted by Crippen LogP contribution is 2.36. The predicted molar refractivity (Wildman–Crippen MR) is 123 cm³/mol. The highest BCUT2D eigenvalue weighted by Gasteiger charge is 2.32. The Balaban J connectivity index is 2.17. The summed E-state index contributed by atoms with van der Waals surface area (Å²) < 4.78 is 44.2. The summed E-state index contributed by atoms with van der Waals surface area (Å²) in [4.78, 5) is 23.7. The van der Waals surface area contributed by atoms with Gasteiger partial charge in [0.1, 0.15) is 23.9 Å². The lowest BCUT2D eigenvalue weighted by atomic mass is 9.84. The molecule has 0 saturated heterocycles. The van der Waals surface area contributed by atoms with Crippen molar-refractivity contribution in [2.45, 2.75) is 33.4 Å². The van der Waals surface area contributed by atoms with Crippen LogP contribution in [0.15, 0.2) is 48.5 Å². The standard InChI is InChI=1S/C23H30N2O7S/c1-23(2,3)21(18-8-12-20(31-5)13-9-18)32-22(27)24-33(28,29)25(14-15-26)16-17-6-10-19(30-4)11-7-17/h6-13,15,21H,14,16H2,1-5H3,(H,24,27). The number of carbonyl (C=O) groups excluding carboxylic acids is 2. The van der Waals surface area contributed by atoms with Crippen LogP contribution in [0.25, 0.3) is 0 Å². The lowest BCUT2D eigenvalue weighted by Gasteiger charge is -2.31. The number of carbonyl (C=O) groups is 2. The molecule has 0 bridgehead atoms. The maximum absolute atomic E-state index is 12.8. The average molecular weight is 479 g/mol. The SMILES string of the molecule is COc1ccc(CN(CC=O)S(=O)(=O)NC(=O)OC(c2ccc(OC)cc2)C(C)(C)C)cc1. The van der Waals surface area contributed by atoms with Crippen molar-refractivity contribution in [3.63, 3.8) is 0 Å². The van der Waals surface area contributed by atoms with E-state index < -0.39 is 34.4 Å². The van der Waals surface area contributed by atoms with Gasteiger partial charge in [-0.2, -0.15) is 12.7 Å². The maximum Gasteiger partial charge on any atom is 0.422 e. The zero-order valence-corrected chi connectivity index (χ0v) is 20.2. The van der Waals surface area contributed by atoms with E-state index in [0.717, 1.165) is 4.31 Å². The predicted octanol–water partition coefficient (Wildman–Crippen LogP) is 3.46. The molecule has 180 valence electrons. The summed E-state index contributed by atoms with van der Waals surface area (Å²) in [7, 11) is -1.29. The first-order valence-electron chi connectivity index (χ1n) is 10.2. The molecule has 2 aromatic rings. The Kier molecular flexibility index (Phi) is 8.84. The van der Waals surface area contributed by atoms with Crippen molar-refractivity contribution in [2.24, 2.45) is 5.41 Å². The molecule has 2 rings (SSSR count). The van der Waals surface area contributed by atoms with E-state index in [2.05, 4.69) is 0 Å². The smallest absolute Gasteiger partial charge is 0.422 e. The van der Waals surface area contributed by atoms with Crippen LogP contribution in [-0.2, 0) is 26.3 Å². The summed E-state index contributed by atoms with van der Waals surface area (Å²) in [6.45, 7) is 5.05. The molecule has 1 atom stereocenters. The number of ether oxygens (including phenoxy) is 3. The van der Waals surface area contributed by atoms with Crippen LogP contribution in [0.1, 0.15) is 38.0 Å². The third kappa shape index (κ3) is 7.47. The Labute approximate surface area is 194 Å². The zero-order chi connectivity index (χ0) is 24.6. The van der Waals surface area contributed by atoms with Gasteiger partial charge in [-0.1, -0.05) is 45.0 Å². The van der Waals surface area contributed by atoms with Crippen LogP contribution in [0.3, 0.4) is 0 Å². The molecule has 0 aromatic heterocycles. The van der Waals surface area contributed by atoms with E-state index in [-0.39, 0.29) is 6.54 Å². The molecule has 1 unspecified atom stereocenters. The van der Waals surface area contributed by atoms with Crippen LogP contribution in [0.4, 0.5) is 4.79 Å². The minimum absolute atomic E-state index is 0.119. The number of benzene rings is 2.